The first-order valence-electron chi connectivity index (χ1n) is 8.46. The Labute approximate surface area is 130 Å². The molecule has 0 saturated heterocycles. The van der Waals surface area contributed by atoms with Crippen LogP contribution in [0.5, 0.6) is 5.75 Å². The highest BCUT2D eigenvalue weighted by atomic mass is 16.5. The van der Waals surface area contributed by atoms with E-state index in [1.807, 2.05) is 0 Å². The van der Waals surface area contributed by atoms with Gasteiger partial charge >= 0.3 is 0 Å². The van der Waals surface area contributed by atoms with Crippen LogP contribution in [0.25, 0.3) is 0 Å². The molecule has 2 unspecified atom stereocenters. The maximum Gasteiger partial charge on any atom is 0.118 e. The number of benzene rings is 1. The smallest absolute Gasteiger partial charge is 0.118 e. The first-order valence-corrected chi connectivity index (χ1v) is 8.46. The molecule has 118 valence electrons. The highest BCUT2D eigenvalue weighted by Crippen LogP contribution is 2.46. The predicted octanol–water partition coefficient (Wildman–Crippen LogP) is 4.95. The molecule has 0 radical (unpaired) electrons. The van der Waals surface area contributed by atoms with Gasteiger partial charge in [0.1, 0.15) is 5.75 Å². The summed E-state index contributed by atoms with van der Waals surface area (Å²) >= 11 is 0. The third-order valence-electron chi connectivity index (χ3n) is 5.08. The van der Waals surface area contributed by atoms with Gasteiger partial charge in [-0.1, -0.05) is 45.7 Å². The summed E-state index contributed by atoms with van der Waals surface area (Å²) in [6.45, 7) is 8.22. The lowest BCUT2D eigenvalue weighted by molar-refractivity contribution is 0.0981. The van der Waals surface area contributed by atoms with Crippen LogP contribution in [0.3, 0.4) is 0 Å². The second kappa shape index (κ2) is 7.31. The third kappa shape index (κ3) is 4.00. The molecule has 0 amide bonds. The molecule has 2 rings (SSSR count). The van der Waals surface area contributed by atoms with Crippen LogP contribution >= 0.6 is 0 Å². The average molecular weight is 289 g/mol. The highest BCUT2D eigenvalue weighted by molar-refractivity contribution is 5.30. The molecule has 0 bridgehead atoms. The Morgan fingerprint density at radius 3 is 2.52 bits per heavy atom. The summed E-state index contributed by atoms with van der Waals surface area (Å²) in [5.74, 6) is 1.65. The molecule has 0 spiro atoms. The molecule has 1 aromatic rings. The van der Waals surface area contributed by atoms with Crippen molar-refractivity contribution >= 4 is 0 Å². The Bertz CT molecular complexity index is 424. The summed E-state index contributed by atoms with van der Waals surface area (Å²) in [5, 5.41) is 3.81. The fourth-order valence-electron chi connectivity index (χ4n) is 3.74. The second-order valence-electron chi connectivity index (χ2n) is 7.05. The van der Waals surface area contributed by atoms with Gasteiger partial charge in [-0.15, -0.1) is 0 Å². The molecule has 1 fully saturated rings. The van der Waals surface area contributed by atoms with Crippen LogP contribution in [0.1, 0.15) is 64.5 Å². The van der Waals surface area contributed by atoms with E-state index in [-0.39, 0.29) is 0 Å². The summed E-state index contributed by atoms with van der Waals surface area (Å²) in [5.41, 5.74) is 1.83. The van der Waals surface area contributed by atoms with Gasteiger partial charge in [0, 0.05) is 6.04 Å². The molecule has 21 heavy (non-hydrogen) atoms. The minimum absolute atomic E-state index is 0.420. The molecule has 0 heterocycles. The zero-order chi connectivity index (χ0) is 15.3. The van der Waals surface area contributed by atoms with Gasteiger partial charge in [0.25, 0.3) is 0 Å². The number of ether oxygens (including phenoxy) is 1. The monoisotopic (exact) mass is 289 g/mol. The topological polar surface area (TPSA) is 21.3 Å². The summed E-state index contributed by atoms with van der Waals surface area (Å²) in [7, 11) is 1.73. The largest absolute Gasteiger partial charge is 0.497 e. The van der Waals surface area contributed by atoms with E-state index in [0.29, 0.717) is 17.4 Å². The third-order valence-corrected chi connectivity index (χ3v) is 5.08. The van der Waals surface area contributed by atoms with Crippen molar-refractivity contribution in [2.75, 3.05) is 13.7 Å². The van der Waals surface area contributed by atoms with E-state index in [1.54, 1.807) is 7.11 Å². The molecule has 1 saturated carbocycles. The van der Waals surface area contributed by atoms with Crippen molar-refractivity contribution in [3.63, 3.8) is 0 Å². The van der Waals surface area contributed by atoms with Crippen LogP contribution in [0.4, 0.5) is 0 Å². The van der Waals surface area contributed by atoms with E-state index in [4.69, 9.17) is 4.74 Å². The Hall–Kier alpha value is -1.02. The number of rotatable bonds is 6. The summed E-state index contributed by atoms with van der Waals surface area (Å²) < 4.78 is 5.30. The molecule has 2 heteroatoms. The van der Waals surface area contributed by atoms with E-state index >= 15 is 0 Å². The molecule has 1 aromatic carbocycles. The van der Waals surface area contributed by atoms with Gasteiger partial charge < -0.3 is 10.1 Å². The minimum atomic E-state index is 0.420. The van der Waals surface area contributed by atoms with Crippen LogP contribution in [-0.2, 0) is 0 Å². The van der Waals surface area contributed by atoms with Crippen LogP contribution in [0.2, 0.25) is 0 Å². The Morgan fingerprint density at radius 2 is 1.95 bits per heavy atom. The van der Waals surface area contributed by atoms with Gasteiger partial charge in [-0.25, -0.2) is 0 Å². The fraction of sp³-hybridized carbons (Fsp3) is 0.684. The molecule has 1 N–H and O–H groups in total. The van der Waals surface area contributed by atoms with Crippen molar-refractivity contribution < 1.29 is 4.74 Å². The van der Waals surface area contributed by atoms with Crippen molar-refractivity contribution in [2.45, 2.75) is 58.9 Å². The quantitative estimate of drug-likeness (QED) is 0.800. The van der Waals surface area contributed by atoms with E-state index in [9.17, 15) is 0 Å². The Balaban J connectivity index is 2.23. The van der Waals surface area contributed by atoms with E-state index in [1.165, 1.54) is 37.7 Å². The Kier molecular flexibility index (Phi) is 5.69. The maximum absolute atomic E-state index is 5.30. The number of methoxy groups -OCH3 is 1. The summed E-state index contributed by atoms with van der Waals surface area (Å²) in [4.78, 5) is 0. The first-order chi connectivity index (χ1) is 10.1. The van der Waals surface area contributed by atoms with Gasteiger partial charge in [-0.3, -0.25) is 0 Å². The minimum Gasteiger partial charge on any atom is -0.497 e. The zero-order valence-electron chi connectivity index (χ0n) is 14.1. The van der Waals surface area contributed by atoms with Crippen molar-refractivity contribution in [3.05, 3.63) is 29.8 Å². The average Bonchev–Trinajstić information content (AvgIpc) is 2.49. The van der Waals surface area contributed by atoms with Gasteiger partial charge in [0.15, 0.2) is 0 Å². The van der Waals surface area contributed by atoms with Crippen molar-refractivity contribution in [1.82, 2.24) is 5.32 Å². The van der Waals surface area contributed by atoms with Crippen molar-refractivity contribution in [2.24, 2.45) is 11.3 Å². The first kappa shape index (κ1) is 16.4. The molecule has 1 aliphatic carbocycles. The van der Waals surface area contributed by atoms with Gasteiger partial charge in [-0.2, -0.15) is 0 Å². The second-order valence-corrected chi connectivity index (χ2v) is 7.05. The molecule has 0 aromatic heterocycles. The molecular weight excluding hydrogens is 258 g/mol. The van der Waals surface area contributed by atoms with Crippen LogP contribution in [-0.4, -0.2) is 13.7 Å². The van der Waals surface area contributed by atoms with Gasteiger partial charge in [-0.05, 0) is 54.8 Å². The maximum atomic E-state index is 5.30. The van der Waals surface area contributed by atoms with E-state index in [0.717, 1.165) is 12.3 Å². The van der Waals surface area contributed by atoms with Gasteiger partial charge in [0.05, 0.1) is 7.11 Å². The SMILES string of the molecule is CCCNC(c1ccc(OC)cc1)C1CCCCC1(C)C. The molecule has 1 aliphatic rings. The fourth-order valence-corrected chi connectivity index (χ4v) is 3.74. The Morgan fingerprint density at radius 1 is 1.24 bits per heavy atom. The highest BCUT2D eigenvalue weighted by Gasteiger charge is 2.37. The molecule has 2 nitrogen and oxygen atoms in total. The summed E-state index contributed by atoms with van der Waals surface area (Å²) in [6.07, 6.45) is 6.61. The van der Waals surface area contributed by atoms with Gasteiger partial charge in [0.2, 0.25) is 0 Å². The predicted molar refractivity (Wildman–Crippen MR) is 89.8 cm³/mol. The lowest BCUT2D eigenvalue weighted by Crippen LogP contribution is -2.39. The van der Waals surface area contributed by atoms with E-state index < -0.39 is 0 Å². The standard InChI is InChI=1S/C19H31NO/c1-5-14-20-18(15-9-11-16(21-4)12-10-15)17-8-6-7-13-19(17,2)3/h9-12,17-18,20H,5-8,13-14H2,1-4H3. The van der Waals surface area contributed by atoms with Crippen LogP contribution in [0, 0.1) is 11.3 Å². The van der Waals surface area contributed by atoms with E-state index in [2.05, 4.69) is 50.4 Å². The number of nitrogens with one attached hydrogen (secondary N) is 1. The normalized spacial score (nSPS) is 22.8. The zero-order valence-corrected chi connectivity index (χ0v) is 14.1. The van der Waals surface area contributed by atoms with Crippen LogP contribution in [0.15, 0.2) is 24.3 Å². The van der Waals surface area contributed by atoms with Crippen LogP contribution < -0.4 is 10.1 Å². The van der Waals surface area contributed by atoms with Crippen molar-refractivity contribution in [1.29, 1.82) is 0 Å². The van der Waals surface area contributed by atoms with Crippen molar-refractivity contribution in [3.8, 4) is 5.75 Å². The lowest BCUT2D eigenvalue weighted by atomic mass is 9.65. The molecular formula is C19H31NO. The molecule has 2 atom stereocenters. The molecule has 0 aliphatic heterocycles. The summed E-state index contributed by atoms with van der Waals surface area (Å²) in [6, 6.07) is 9.11. The lowest BCUT2D eigenvalue weighted by Gasteiger charge is -2.44. The number of hydrogen-bond donors (Lipinski definition) is 1. The number of hydrogen-bond acceptors (Lipinski definition) is 2.